The Morgan fingerprint density at radius 1 is 1.21 bits per heavy atom. The van der Waals surface area contributed by atoms with Gasteiger partial charge in [-0.1, -0.05) is 31.4 Å². The average molecular weight is 402 g/mol. The number of benzene rings is 1. The Hall–Kier alpha value is -3.23. The van der Waals surface area contributed by atoms with E-state index in [1.165, 1.54) is 31.2 Å². The van der Waals surface area contributed by atoms with Crippen LogP contribution in [0.4, 0.5) is 4.39 Å². The number of halogens is 1. The third kappa shape index (κ3) is 4.61. The molecule has 0 spiro atoms. The second-order valence-electron chi connectivity index (χ2n) is 7.24. The average Bonchev–Trinajstić information content (AvgIpc) is 2.69. The first-order valence-electron chi connectivity index (χ1n) is 9.46. The first-order chi connectivity index (χ1) is 13.8. The van der Waals surface area contributed by atoms with Gasteiger partial charge in [0.15, 0.2) is 5.69 Å². The van der Waals surface area contributed by atoms with E-state index in [9.17, 15) is 23.9 Å². The lowest BCUT2D eigenvalue weighted by atomic mass is 9.80. The van der Waals surface area contributed by atoms with Gasteiger partial charge in [0, 0.05) is 13.5 Å². The van der Waals surface area contributed by atoms with Crippen LogP contribution in [0.5, 0.6) is 5.75 Å². The summed E-state index contributed by atoms with van der Waals surface area (Å²) < 4.78 is 13.0. The fourth-order valence-electron chi connectivity index (χ4n) is 3.63. The largest absolute Gasteiger partial charge is 0.501 e. The van der Waals surface area contributed by atoms with Gasteiger partial charge in [0.25, 0.3) is 11.5 Å². The molecule has 1 fully saturated rings. The van der Waals surface area contributed by atoms with E-state index in [1.54, 1.807) is 0 Å². The Labute approximate surface area is 166 Å². The Bertz CT molecular complexity index is 965. The van der Waals surface area contributed by atoms with Crippen LogP contribution in [0.25, 0.3) is 0 Å². The summed E-state index contributed by atoms with van der Waals surface area (Å²) in [5, 5.41) is 15.5. The van der Waals surface area contributed by atoms with Gasteiger partial charge in [-0.05, 0) is 30.5 Å². The zero-order valence-corrected chi connectivity index (χ0v) is 16.0. The van der Waals surface area contributed by atoms with Crippen LogP contribution in [0.1, 0.15) is 60.9 Å². The highest BCUT2D eigenvalue weighted by Gasteiger charge is 2.38. The fourth-order valence-corrected chi connectivity index (χ4v) is 3.63. The minimum Gasteiger partial charge on any atom is -0.501 e. The fraction of sp³-hybridized carbons (Fsp3) is 0.400. The summed E-state index contributed by atoms with van der Waals surface area (Å²) in [6, 6.07) is 5.56. The predicted octanol–water partition coefficient (Wildman–Crippen LogP) is 1.84. The Morgan fingerprint density at radius 2 is 1.86 bits per heavy atom. The number of hydrogen-bond donors (Lipinski definition) is 4. The van der Waals surface area contributed by atoms with Crippen molar-refractivity contribution >= 4 is 11.8 Å². The standard InChI is InChI=1S/C20H23FN4O4/c1-12(26)25-20(9-3-2-4-10-20)19-23-15(16(27)18(29)24-19)17(28)22-11-13-5-7-14(21)8-6-13/h5-8,27H,2-4,9-11H2,1H3,(H,22,28)(H,25,26)(H,23,24,29). The molecule has 2 amide bonds. The quantitative estimate of drug-likeness (QED) is 0.608. The van der Waals surface area contributed by atoms with Crippen LogP contribution >= 0.6 is 0 Å². The summed E-state index contributed by atoms with van der Waals surface area (Å²) in [7, 11) is 0. The third-order valence-corrected chi connectivity index (χ3v) is 5.05. The molecule has 1 aromatic carbocycles. The number of rotatable bonds is 5. The molecule has 1 heterocycles. The van der Waals surface area contributed by atoms with Gasteiger partial charge < -0.3 is 20.7 Å². The number of H-pyrrole nitrogens is 1. The molecule has 1 aromatic heterocycles. The van der Waals surface area contributed by atoms with Crippen molar-refractivity contribution in [2.75, 3.05) is 0 Å². The molecule has 1 saturated carbocycles. The Morgan fingerprint density at radius 3 is 2.48 bits per heavy atom. The van der Waals surface area contributed by atoms with E-state index in [1.807, 2.05) is 0 Å². The number of aromatic nitrogens is 2. The van der Waals surface area contributed by atoms with Crippen LogP contribution in [0.3, 0.4) is 0 Å². The summed E-state index contributed by atoms with van der Waals surface area (Å²) in [5.41, 5.74) is -1.51. The second kappa shape index (κ2) is 8.42. The molecule has 1 aliphatic rings. The molecule has 154 valence electrons. The number of carbonyl (C=O) groups excluding carboxylic acids is 2. The number of hydrogen-bond acceptors (Lipinski definition) is 5. The number of carbonyl (C=O) groups is 2. The van der Waals surface area contributed by atoms with Crippen molar-refractivity contribution < 1.29 is 19.1 Å². The maximum atomic E-state index is 13.0. The lowest BCUT2D eigenvalue weighted by molar-refractivity contribution is -0.121. The van der Waals surface area contributed by atoms with E-state index in [4.69, 9.17) is 0 Å². The van der Waals surface area contributed by atoms with E-state index in [-0.39, 0.29) is 18.3 Å². The second-order valence-corrected chi connectivity index (χ2v) is 7.24. The number of nitrogens with one attached hydrogen (secondary N) is 3. The van der Waals surface area contributed by atoms with Gasteiger partial charge in [0.2, 0.25) is 11.7 Å². The van der Waals surface area contributed by atoms with Crippen molar-refractivity contribution in [3.05, 3.63) is 57.5 Å². The predicted molar refractivity (Wildman–Crippen MR) is 103 cm³/mol. The highest BCUT2D eigenvalue weighted by Crippen LogP contribution is 2.35. The Kier molecular flexibility index (Phi) is 5.95. The molecule has 0 aliphatic heterocycles. The monoisotopic (exact) mass is 402 g/mol. The molecule has 2 aromatic rings. The number of nitrogens with zero attached hydrogens (tertiary/aromatic N) is 1. The highest BCUT2D eigenvalue weighted by molar-refractivity contribution is 5.94. The van der Waals surface area contributed by atoms with Gasteiger partial charge in [0.05, 0.1) is 5.54 Å². The zero-order chi connectivity index (χ0) is 21.0. The van der Waals surface area contributed by atoms with Crippen LogP contribution < -0.4 is 16.2 Å². The van der Waals surface area contributed by atoms with E-state index in [0.29, 0.717) is 18.4 Å². The molecule has 0 saturated heterocycles. The minimum absolute atomic E-state index is 0.0687. The number of aromatic hydroxyl groups is 1. The van der Waals surface area contributed by atoms with E-state index in [2.05, 4.69) is 20.6 Å². The van der Waals surface area contributed by atoms with E-state index >= 15 is 0 Å². The van der Waals surface area contributed by atoms with Gasteiger partial charge in [-0.3, -0.25) is 14.4 Å². The number of amides is 2. The van der Waals surface area contributed by atoms with Crippen LogP contribution in [0, 0.1) is 5.82 Å². The third-order valence-electron chi connectivity index (χ3n) is 5.05. The van der Waals surface area contributed by atoms with Crippen molar-refractivity contribution in [3.63, 3.8) is 0 Å². The highest BCUT2D eigenvalue weighted by atomic mass is 19.1. The summed E-state index contributed by atoms with van der Waals surface area (Å²) in [5.74, 6) is -2.05. The summed E-state index contributed by atoms with van der Waals surface area (Å²) in [6.45, 7) is 1.45. The summed E-state index contributed by atoms with van der Waals surface area (Å²) >= 11 is 0. The summed E-state index contributed by atoms with van der Waals surface area (Å²) in [6.07, 6.45) is 3.79. The Balaban J connectivity index is 1.89. The molecule has 3 rings (SSSR count). The SMILES string of the molecule is CC(=O)NC1(c2nc(C(=O)NCc3ccc(F)cc3)c(O)c(=O)[nH]2)CCCCC1. The molecule has 0 unspecified atom stereocenters. The molecule has 4 N–H and O–H groups in total. The molecular weight excluding hydrogens is 379 g/mol. The molecular formula is C20H23FN4O4. The van der Waals surface area contributed by atoms with Gasteiger partial charge in [-0.15, -0.1) is 0 Å². The molecule has 9 heteroatoms. The topological polar surface area (TPSA) is 124 Å². The molecule has 0 bridgehead atoms. The van der Waals surface area contributed by atoms with Crippen LogP contribution in [-0.2, 0) is 16.9 Å². The van der Waals surface area contributed by atoms with Gasteiger partial charge in [0.1, 0.15) is 11.6 Å². The van der Waals surface area contributed by atoms with Gasteiger partial charge in [-0.25, -0.2) is 9.37 Å². The van der Waals surface area contributed by atoms with Crippen LogP contribution in [-0.4, -0.2) is 26.9 Å². The number of aromatic amines is 1. The minimum atomic E-state index is -0.886. The molecule has 29 heavy (non-hydrogen) atoms. The van der Waals surface area contributed by atoms with E-state index < -0.39 is 34.3 Å². The lowest BCUT2D eigenvalue weighted by Gasteiger charge is -2.36. The van der Waals surface area contributed by atoms with Crippen molar-refractivity contribution in [2.24, 2.45) is 0 Å². The van der Waals surface area contributed by atoms with Crippen LogP contribution in [0.2, 0.25) is 0 Å². The first kappa shape index (κ1) is 20.5. The van der Waals surface area contributed by atoms with Crippen molar-refractivity contribution in [1.82, 2.24) is 20.6 Å². The van der Waals surface area contributed by atoms with Crippen molar-refractivity contribution in [3.8, 4) is 5.75 Å². The van der Waals surface area contributed by atoms with Gasteiger partial charge >= 0.3 is 0 Å². The van der Waals surface area contributed by atoms with Crippen LogP contribution in [0.15, 0.2) is 29.1 Å². The summed E-state index contributed by atoms with van der Waals surface area (Å²) in [4.78, 5) is 43.3. The van der Waals surface area contributed by atoms with Crippen molar-refractivity contribution in [1.29, 1.82) is 0 Å². The molecule has 1 aliphatic carbocycles. The smallest absolute Gasteiger partial charge is 0.294 e. The molecule has 0 radical (unpaired) electrons. The maximum Gasteiger partial charge on any atom is 0.294 e. The first-order valence-corrected chi connectivity index (χ1v) is 9.46. The van der Waals surface area contributed by atoms with Gasteiger partial charge in [-0.2, -0.15) is 0 Å². The van der Waals surface area contributed by atoms with E-state index in [0.717, 1.165) is 19.3 Å². The maximum absolute atomic E-state index is 13.0. The lowest BCUT2D eigenvalue weighted by Crippen LogP contribution is -2.48. The zero-order valence-electron chi connectivity index (χ0n) is 16.0. The molecule has 0 atom stereocenters. The van der Waals surface area contributed by atoms with Crippen molar-refractivity contribution in [2.45, 2.75) is 51.1 Å². The normalized spacial score (nSPS) is 15.5. The molecule has 8 nitrogen and oxygen atoms in total.